The van der Waals surface area contributed by atoms with E-state index in [1.807, 2.05) is 0 Å². The van der Waals surface area contributed by atoms with E-state index >= 15 is 0 Å². The molecule has 2 atom stereocenters. The molecule has 0 aliphatic heterocycles. The van der Waals surface area contributed by atoms with Crippen LogP contribution in [0.1, 0.15) is 13.8 Å². The highest BCUT2D eigenvalue weighted by Gasteiger charge is 2.34. The summed E-state index contributed by atoms with van der Waals surface area (Å²) in [5, 5.41) is 0. The van der Waals surface area contributed by atoms with Crippen LogP contribution in [0.2, 0.25) is 0 Å². The van der Waals surface area contributed by atoms with Crippen molar-refractivity contribution < 1.29 is 32.3 Å². The van der Waals surface area contributed by atoms with E-state index in [2.05, 4.69) is 13.4 Å². The summed E-state index contributed by atoms with van der Waals surface area (Å²) < 4.78 is 33.9. The topological polar surface area (TPSA) is 102 Å². The standard InChI is InChI=1S/C4H12O7P2/c1-3-9-12(5,6)11-13(7,8)10-4-2/h3-4H2,1-2H3,(H,5,6)(H,7,8). The second-order valence-corrected chi connectivity index (χ2v) is 4.90. The van der Waals surface area contributed by atoms with E-state index in [4.69, 9.17) is 9.79 Å². The molecule has 0 rings (SSSR count). The Balaban J connectivity index is 4.25. The zero-order valence-corrected chi connectivity index (χ0v) is 9.03. The van der Waals surface area contributed by atoms with Crippen LogP contribution < -0.4 is 0 Å². The van der Waals surface area contributed by atoms with Crippen molar-refractivity contribution in [2.75, 3.05) is 13.2 Å². The van der Waals surface area contributed by atoms with E-state index in [0.29, 0.717) is 0 Å². The van der Waals surface area contributed by atoms with E-state index < -0.39 is 15.6 Å². The molecule has 0 heterocycles. The van der Waals surface area contributed by atoms with Crippen LogP contribution in [0.5, 0.6) is 0 Å². The van der Waals surface area contributed by atoms with Crippen LogP contribution in [0.3, 0.4) is 0 Å². The van der Waals surface area contributed by atoms with E-state index in [9.17, 15) is 9.13 Å². The molecule has 0 aliphatic carbocycles. The molecule has 2 unspecified atom stereocenters. The summed E-state index contributed by atoms with van der Waals surface area (Å²) in [7, 11) is -8.96. The summed E-state index contributed by atoms with van der Waals surface area (Å²) in [6.45, 7) is 2.66. The average Bonchev–Trinajstić information content (AvgIpc) is 1.82. The third-order valence-corrected chi connectivity index (χ3v) is 3.61. The number of hydrogen-bond donors (Lipinski definition) is 2. The summed E-state index contributed by atoms with van der Waals surface area (Å²) in [5.74, 6) is 0. The van der Waals surface area contributed by atoms with Crippen molar-refractivity contribution in [3.63, 3.8) is 0 Å². The van der Waals surface area contributed by atoms with Gasteiger partial charge in [-0.15, -0.1) is 0 Å². The number of rotatable bonds is 6. The molecule has 0 aromatic rings. The summed E-state index contributed by atoms with van der Waals surface area (Å²) in [6, 6.07) is 0. The molecule has 13 heavy (non-hydrogen) atoms. The van der Waals surface area contributed by atoms with Crippen molar-refractivity contribution in [3.05, 3.63) is 0 Å². The number of phosphoric acid groups is 2. The van der Waals surface area contributed by atoms with Crippen LogP contribution in [0.4, 0.5) is 0 Å². The van der Waals surface area contributed by atoms with Crippen LogP contribution >= 0.6 is 15.6 Å². The molecule has 0 spiro atoms. The molecule has 0 fully saturated rings. The van der Waals surface area contributed by atoms with Gasteiger partial charge in [-0.3, -0.25) is 9.05 Å². The van der Waals surface area contributed by atoms with Crippen molar-refractivity contribution in [2.45, 2.75) is 13.8 Å². The Hall–Kier alpha value is 0.260. The van der Waals surface area contributed by atoms with E-state index in [-0.39, 0.29) is 13.2 Å². The normalized spacial score (nSPS) is 20.6. The van der Waals surface area contributed by atoms with Gasteiger partial charge in [-0.05, 0) is 13.8 Å². The first-order valence-corrected chi connectivity index (χ1v) is 6.48. The van der Waals surface area contributed by atoms with Crippen LogP contribution in [0.15, 0.2) is 0 Å². The molecular weight excluding hydrogens is 222 g/mol. The number of hydrogen-bond acceptors (Lipinski definition) is 5. The molecule has 2 N–H and O–H groups in total. The molecule has 9 heteroatoms. The molecule has 7 nitrogen and oxygen atoms in total. The van der Waals surface area contributed by atoms with Gasteiger partial charge in [-0.1, -0.05) is 0 Å². The maximum absolute atomic E-state index is 10.8. The Bertz CT molecular complexity index is 215. The molecular formula is C4H12O7P2. The Morgan fingerprint density at radius 1 is 1.00 bits per heavy atom. The van der Waals surface area contributed by atoms with Gasteiger partial charge in [0.15, 0.2) is 0 Å². The first kappa shape index (κ1) is 13.3. The molecule has 0 aliphatic rings. The molecule has 0 bridgehead atoms. The van der Waals surface area contributed by atoms with Gasteiger partial charge in [-0.25, -0.2) is 9.13 Å². The van der Waals surface area contributed by atoms with Gasteiger partial charge in [0, 0.05) is 0 Å². The van der Waals surface area contributed by atoms with Gasteiger partial charge >= 0.3 is 15.6 Å². The van der Waals surface area contributed by atoms with Gasteiger partial charge in [0.05, 0.1) is 13.2 Å². The largest absolute Gasteiger partial charge is 0.481 e. The number of phosphoric ester groups is 2. The lowest BCUT2D eigenvalue weighted by atomic mass is 10.9. The minimum atomic E-state index is -4.48. The Labute approximate surface area is 75.9 Å². The molecule has 0 saturated carbocycles. The maximum atomic E-state index is 10.8. The van der Waals surface area contributed by atoms with E-state index in [0.717, 1.165) is 0 Å². The quantitative estimate of drug-likeness (QED) is 0.667. The second kappa shape index (κ2) is 5.22. The highest BCUT2D eigenvalue weighted by Crippen LogP contribution is 2.60. The zero-order valence-electron chi connectivity index (χ0n) is 7.24. The van der Waals surface area contributed by atoms with Crippen molar-refractivity contribution in [1.29, 1.82) is 0 Å². The molecule has 0 aromatic heterocycles. The van der Waals surface area contributed by atoms with Gasteiger partial charge in [0.1, 0.15) is 0 Å². The minimum Gasteiger partial charge on any atom is -0.302 e. The Morgan fingerprint density at radius 3 is 1.54 bits per heavy atom. The molecule has 80 valence electrons. The van der Waals surface area contributed by atoms with Crippen molar-refractivity contribution in [3.8, 4) is 0 Å². The summed E-state index contributed by atoms with van der Waals surface area (Å²) in [6.07, 6.45) is 0. The van der Waals surface area contributed by atoms with Crippen LogP contribution in [0, 0.1) is 0 Å². The van der Waals surface area contributed by atoms with Crippen LogP contribution in [-0.2, 0) is 22.5 Å². The minimum absolute atomic E-state index is 0.111. The van der Waals surface area contributed by atoms with Gasteiger partial charge < -0.3 is 9.79 Å². The molecule has 0 aromatic carbocycles. The van der Waals surface area contributed by atoms with Crippen molar-refractivity contribution >= 4 is 15.6 Å². The summed E-state index contributed by atoms with van der Waals surface area (Å²) in [4.78, 5) is 17.6. The Kier molecular flexibility index (Phi) is 5.32. The monoisotopic (exact) mass is 234 g/mol. The average molecular weight is 234 g/mol. The van der Waals surface area contributed by atoms with E-state index in [1.54, 1.807) is 0 Å². The van der Waals surface area contributed by atoms with Crippen molar-refractivity contribution in [1.82, 2.24) is 0 Å². The third-order valence-electron chi connectivity index (χ3n) is 0.791. The third kappa shape index (κ3) is 6.35. The maximum Gasteiger partial charge on any atom is 0.481 e. The Morgan fingerprint density at radius 2 is 1.31 bits per heavy atom. The first-order chi connectivity index (χ1) is 5.83. The molecule has 0 radical (unpaired) electrons. The second-order valence-electron chi connectivity index (χ2n) is 1.85. The van der Waals surface area contributed by atoms with Gasteiger partial charge in [0.25, 0.3) is 0 Å². The zero-order chi connectivity index (χ0) is 10.5. The lowest BCUT2D eigenvalue weighted by Crippen LogP contribution is -1.96. The SMILES string of the molecule is CCOP(=O)(O)OP(=O)(O)OCC. The van der Waals surface area contributed by atoms with Crippen LogP contribution in [0.25, 0.3) is 0 Å². The smallest absolute Gasteiger partial charge is 0.302 e. The van der Waals surface area contributed by atoms with Gasteiger partial charge in [0.2, 0.25) is 0 Å². The lowest BCUT2D eigenvalue weighted by molar-refractivity contribution is 0.162. The highest BCUT2D eigenvalue weighted by atomic mass is 31.3. The highest BCUT2D eigenvalue weighted by molar-refractivity contribution is 7.61. The fourth-order valence-corrected chi connectivity index (χ4v) is 2.58. The van der Waals surface area contributed by atoms with Gasteiger partial charge in [-0.2, -0.15) is 4.31 Å². The lowest BCUT2D eigenvalue weighted by Gasteiger charge is -2.14. The molecule has 0 saturated heterocycles. The van der Waals surface area contributed by atoms with Crippen molar-refractivity contribution in [2.24, 2.45) is 0 Å². The van der Waals surface area contributed by atoms with Crippen LogP contribution in [-0.4, -0.2) is 23.0 Å². The predicted molar refractivity (Wildman–Crippen MR) is 44.0 cm³/mol. The summed E-state index contributed by atoms with van der Waals surface area (Å²) >= 11 is 0. The van der Waals surface area contributed by atoms with E-state index in [1.165, 1.54) is 13.8 Å². The predicted octanol–water partition coefficient (Wildman–Crippen LogP) is 1.28. The fourth-order valence-electron chi connectivity index (χ4n) is 0.504. The first-order valence-electron chi connectivity index (χ1n) is 3.49. The fraction of sp³-hybridized carbons (Fsp3) is 1.00. The molecule has 0 amide bonds. The summed E-state index contributed by atoms with van der Waals surface area (Å²) in [5.41, 5.74) is 0.